The zero-order valence-corrected chi connectivity index (χ0v) is 16.2. The molecule has 3 aromatic rings. The van der Waals surface area contributed by atoms with E-state index in [2.05, 4.69) is 14.7 Å². The summed E-state index contributed by atoms with van der Waals surface area (Å²) in [6.07, 6.45) is -3.83. The zero-order valence-electron chi connectivity index (χ0n) is 16.2. The fraction of sp³-hybridized carbons (Fsp3) is 0.150. The van der Waals surface area contributed by atoms with Crippen molar-refractivity contribution in [1.82, 2.24) is 9.97 Å². The fourth-order valence-electron chi connectivity index (χ4n) is 3.03. The molecule has 1 N–H and O–H groups in total. The molecule has 3 rings (SSSR count). The summed E-state index contributed by atoms with van der Waals surface area (Å²) in [6.45, 7) is 0. The van der Waals surface area contributed by atoms with Gasteiger partial charge in [0.2, 0.25) is 0 Å². The number of nitro groups is 1. The van der Waals surface area contributed by atoms with Crippen LogP contribution in [0.1, 0.15) is 34.1 Å². The highest BCUT2D eigenvalue weighted by molar-refractivity contribution is 5.95. The first-order valence-corrected chi connectivity index (χ1v) is 9.02. The van der Waals surface area contributed by atoms with Gasteiger partial charge < -0.3 is 9.72 Å². The number of nitrogens with one attached hydrogen (secondary N) is 1. The molecule has 0 radical (unpaired) electrons. The Balaban J connectivity index is 2.00. The molecular formula is C20H12F5N3O5. The predicted octanol–water partition coefficient (Wildman–Crippen LogP) is 4.26. The van der Waals surface area contributed by atoms with Gasteiger partial charge in [-0.2, -0.15) is 0 Å². The third-order valence-corrected chi connectivity index (χ3v) is 4.48. The number of carbonyl (C=O) groups is 1. The van der Waals surface area contributed by atoms with Crippen LogP contribution in [0, 0.1) is 21.7 Å². The van der Waals surface area contributed by atoms with E-state index in [-0.39, 0.29) is 17.0 Å². The van der Waals surface area contributed by atoms with E-state index in [1.165, 1.54) is 12.3 Å². The summed E-state index contributed by atoms with van der Waals surface area (Å²) in [6, 6.07) is 5.29. The maximum Gasteiger partial charge on any atom is 0.573 e. The quantitative estimate of drug-likeness (QED) is 0.239. The predicted molar refractivity (Wildman–Crippen MR) is 102 cm³/mol. The van der Waals surface area contributed by atoms with Crippen LogP contribution in [-0.2, 0) is 0 Å². The van der Waals surface area contributed by atoms with Crippen LogP contribution in [0.2, 0.25) is 0 Å². The van der Waals surface area contributed by atoms with Crippen molar-refractivity contribution in [3.05, 3.63) is 97.7 Å². The molecular weight excluding hydrogens is 457 g/mol. The molecule has 0 saturated carbocycles. The molecule has 2 heterocycles. The van der Waals surface area contributed by atoms with Crippen molar-refractivity contribution in [3.8, 4) is 5.75 Å². The van der Waals surface area contributed by atoms with Gasteiger partial charge in [0.25, 0.3) is 5.43 Å². The van der Waals surface area contributed by atoms with Crippen molar-refractivity contribution in [2.24, 2.45) is 0 Å². The number of hydrogen-bond acceptors (Lipinski definition) is 6. The van der Waals surface area contributed by atoms with Crippen molar-refractivity contribution in [1.29, 1.82) is 0 Å². The maximum absolute atomic E-state index is 14.4. The van der Waals surface area contributed by atoms with E-state index >= 15 is 0 Å². The van der Waals surface area contributed by atoms with Crippen LogP contribution >= 0.6 is 0 Å². The number of benzene rings is 1. The highest BCUT2D eigenvalue weighted by atomic mass is 19.4. The van der Waals surface area contributed by atoms with Crippen LogP contribution in [-0.4, -0.2) is 27.0 Å². The SMILES string of the molecule is O=C(C[C@@H](c1ccc(OC(F)(F)F)c(F)c1)c1ncccc1F)c1cc(=O)c([N+](=O)[O-])c[nH]1. The molecule has 1 aromatic carbocycles. The van der Waals surface area contributed by atoms with Gasteiger partial charge in [0, 0.05) is 24.6 Å². The van der Waals surface area contributed by atoms with E-state index in [4.69, 9.17) is 0 Å². The van der Waals surface area contributed by atoms with Gasteiger partial charge in [0.15, 0.2) is 17.3 Å². The second-order valence-corrected chi connectivity index (χ2v) is 6.64. The molecule has 0 unspecified atom stereocenters. The minimum absolute atomic E-state index is 0.0998. The van der Waals surface area contributed by atoms with Gasteiger partial charge in [-0.25, -0.2) is 8.78 Å². The van der Waals surface area contributed by atoms with E-state index < -0.39 is 57.9 Å². The van der Waals surface area contributed by atoms with E-state index in [0.717, 1.165) is 18.3 Å². The van der Waals surface area contributed by atoms with Gasteiger partial charge in [0.05, 0.1) is 22.5 Å². The molecule has 0 fully saturated rings. The lowest BCUT2D eigenvalue weighted by atomic mass is 9.89. The molecule has 0 spiro atoms. The lowest BCUT2D eigenvalue weighted by Crippen LogP contribution is -2.18. The number of halogens is 5. The molecule has 0 aliphatic heterocycles. The standard InChI is InChI=1S/C20H12F5N3O5/c21-12-2-1-5-26-19(12)11(10-3-4-18(13(22)6-10)33-20(23,24)25)7-16(29)14-8-17(30)15(9-27-14)28(31)32/h1-6,8-9,11H,7H2,(H,27,30)/t11-/m0/s1. The summed E-state index contributed by atoms with van der Waals surface area (Å²) in [4.78, 5) is 40.5. The first kappa shape index (κ1) is 23.5. The van der Waals surface area contributed by atoms with Crippen molar-refractivity contribution in [3.63, 3.8) is 0 Å². The Labute approximate surface area is 180 Å². The second-order valence-electron chi connectivity index (χ2n) is 6.64. The smallest absolute Gasteiger partial charge is 0.403 e. The van der Waals surface area contributed by atoms with Crippen LogP contribution in [0.4, 0.5) is 27.6 Å². The molecule has 0 saturated heterocycles. The summed E-state index contributed by atoms with van der Waals surface area (Å²) >= 11 is 0. The lowest BCUT2D eigenvalue weighted by molar-refractivity contribution is -0.386. The summed E-state index contributed by atoms with van der Waals surface area (Å²) in [5, 5.41) is 10.8. The van der Waals surface area contributed by atoms with Crippen LogP contribution in [0.3, 0.4) is 0 Å². The number of nitrogens with zero attached hydrogens (tertiary/aromatic N) is 2. The van der Waals surface area contributed by atoms with Crippen molar-refractivity contribution < 1.29 is 36.4 Å². The number of carbonyl (C=O) groups excluding carboxylic acids is 1. The second kappa shape index (κ2) is 9.14. The zero-order chi connectivity index (χ0) is 24.3. The topological polar surface area (TPSA) is 115 Å². The number of aromatic amines is 1. The van der Waals surface area contributed by atoms with Crippen LogP contribution in [0.25, 0.3) is 0 Å². The Kier molecular flexibility index (Phi) is 6.51. The molecule has 33 heavy (non-hydrogen) atoms. The Hall–Kier alpha value is -4.16. The molecule has 172 valence electrons. The lowest BCUT2D eigenvalue weighted by Gasteiger charge is -2.18. The maximum atomic E-state index is 14.4. The number of hydrogen-bond donors (Lipinski definition) is 1. The number of H-pyrrole nitrogens is 1. The molecule has 0 aliphatic rings. The summed E-state index contributed by atoms with van der Waals surface area (Å²) < 4.78 is 69.4. The first-order valence-electron chi connectivity index (χ1n) is 9.02. The number of ketones is 1. The largest absolute Gasteiger partial charge is 0.573 e. The van der Waals surface area contributed by atoms with E-state index in [0.29, 0.717) is 18.2 Å². The average Bonchev–Trinajstić information content (AvgIpc) is 2.72. The van der Waals surface area contributed by atoms with Gasteiger partial charge in [-0.3, -0.25) is 24.7 Å². The van der Waals surface area contributed by atoms with Crippen molar-refractivity contribution in [2.45, 2.75) is 18.7 Å². The molecule has 2 aromatic heterocycles. The third-order valence-electron chi connectivity index (χ3n) is 4.48. The van der Waals surface area contributed by atoms with Crippen molar-refractivity contribution in [2.75, 3.05) is 0 Å². The van der Waals surface area contributed by atoms with Gasteiger partial charge >= 0.3 is 12.0 Å². The highest BCUT2D eigenvalue weighted by Crippen LogP contribution is 2.33. The van der Waals surface area contributed by atoms with E-state index in [1.54, 1.807) is 0 Å². The molecule has 0 amide bonds. The Morgan fingerprint density at radius 3 is 2.48 bits per heavy atom. The van der Waals surface area contributed by atoms with Gasteiger partial charge in [-0.15, -0.1) is 13.2 Å². The summed E-state index contributed by atoms with van der Waals surface area (Å²) in [7, 11) is 0. The van der Waals surface area contributed by atoms with E-state index in [1.807, 2.05) is 0 Å². The minimum atomic E-state index is -5.15. The molecule has 8 nitrogen and oxygen atoms in total. The van der Waals surface area contributed by atoms with Crippen LogP contribution < -0.4 is 10.2 Å². The number of alkyl halides is 3. The Bertz CT molecular complexity index is 1280. The number of rotatable bonds is 7. The molecule has 0 aliphatic carbocycles. The minimum Gasteiger partial charge on any atom is -0.403 e. The normalized spacial score (nSPS) is 12.3. The summed E-state index contributed by atoms with van der Waals surface area (Å²) in [5.41, 5.74) is -2.61. The number of ether oxygens (including phenoxy) is 1. The number of pyridine rings is 2. The van der Waals surface area contributed by atoms with Gasteiger partial charge in [0.1, 0.15) is 5.82 Å². The van der Waals surface area contributed by atoms with Crippen LogP contribution in [0.5, 0.6) is 5.75 Å². The Morgan fingerprint density at radius 2 is 1.91 bits per heavy atom. The fourth-order valence-corrected chi connectivity index (χ4v) is 3.03. The average molecular weight is 469 g/mol. The first-order chi connectivity index (χ1) is 15.5. The molecule has 1 atom stereocenters. The molecule has 13 heteroatoms. The number of Topliss-reactive ketones (excluding diaryl/α,β-unsaturated/α-hetero) is 1. The van der Waals surface area contributed by atoms with Gasteiger partial charge in [-0.1, -0.05) is 6.07 Å². The summed E-state index contributed by atoms with van der Waals surface area (Å²) in [5.74, 6) is -5.50. The third kappa shape index (κ3) is 5.56. The van der Waals surface area contributed by atoms with Gasteiger partial charge in [-0.05, 0) is 29.8 Å². The van der Waals surface area contributed by atoms with E-state index in [9.17, 15) is 41.7 Å². The van der Waals surface area contributed by atoms with Crippen molar-refractivity contribution >= 4 is 11.5 Å². The highest BCUT2D eigenvalue weighted by Gasteiger charge is 2.33. The number of aromatic nitrogens is 2. The molecule has 0 bridgehead atoms. The van der Waals surface area contributed by atoms with Crippen LogP contribution in [0.15, 0.2) is 53.6 Å². The monoisotopic (exact) mass is 469 g/mol. The Morgan fingerprint density at radius 1 is 1.18 bits per heavy atom.